The molecule has 0 aliphatic carbocycles. The summed E-state index contributed by atoms with van der Waals surface area (Å²) in [5.74, 6) is 0.440. The van der Waals surface area contributed by atoms with E-state index < -0.39 is 21.8 Å². The number of sulfone groups is 1. The number of hydrogen-bond acceptors (Lipinski definition) is 9. The zero-order valence-electron chi connectivity index (χ0n) is 43.3. The van der Waals surface area contributed by atoms with Crippen LogP contribution in [0.15, 0.2) is 58.0 Å². The number of rotatable bonds is 30. The van der Waals surface area contributed by atoms with Crippen molar-refractivity contribution in [3.63, 3.8) is 0 Å². The van der Waals surface area contributed by atoms with Gasteiger partial charge >= 0.3 is 0 Å². The average molecular weight is 2000 g/mol. The Morgan fingerprint density at radius 2 is 0.878 bits per heavy atom. The smallest absolute Gasteiger partial charge is 0.270 e. The predicted molar refractivity (Wildman–Crippen MR) is 521 cm³/mol. The number of alkyl halides is 1. The van der Waals surface area contributed by atoms with E-state index in [9.17, 15) is 12.8 Å². The highest BCUT2D eigenvalue weighted by molar-refractivity contribution is 9.51. The molecule has 2 heterocycles. The van der Waals surface area contributed by atoms with Gasteiger partial charge < -0.3 is 15.5 Å². The molecule has 9 nitrogen and oxygen atoms in total. The van der Waals surface area contributed by atoms with Crippen molar-refractivity contribution in [1.29, 1.82) is 0 Å². The normalized spacial score (nSPS) is 13.3. The lowest BCUT2D eigenvalue weighted by Gasteiger charge is -2.57. The monoisotopic (exact) mass is 2000 g/mol. The van der Waals surface area contributed by atoms with E-state index in [0.29, 0.717) is 29.9 Å². The summed E-state index contributed by atoms with van der Waals surface area (Å²) < 4.78 is 43.1. The number of benzene rings is 2. The van der Waals surface area contributed by atoms with Crippen LogP contribution in [0.25, 0.3) is 34.3 Å². The van der Waals surface area contributed by atoms with Crippen LogP contribution in [-0.4, -0.2) is 47.1 Å². The van der Waals surface area contributed by atoms with E-state index >= 15 is 0 Å². The van der Waals surface area contributed by atoms with Crippen LogP contribution in [0.3, 0.4) is 0 Å². The van der Waals surface area contributed by atoms with Crippen molar-refractivity contribution in [2.24, 2.45) is 0 Å². The molecule has 0 bridgehead atoms. The number of hydrogen-bond donors (Lipinski definition) is 2. The first-order valence-corrected chi connectivity index (χ1v) is 107. The number of nitrogens with two attached hydrogens (primary N) is 1. The third-order valence-electron chi connectivity index (χ3n) is 9.30. The van der Waals surface area contributed by atoms with Crippen LogP contribution in [0.4, 0.5) is 10.2 Å². The van der Waals surface area contributed by atoms with Gasteiger partial charge in [-0.25, -0.2) is 22.8 Å². The molecule has 0 fully saturated rings. The number of nitrogens with zero attached hydrogens (tertiary/aromatic N) is 4. The number of nitrogen functional groups attached to an aromatic ring is 1. The second-order valence-electron chi connectivity index (χ2n) is 15.4. The minimum absolute atomic E-state index is 0.0531. The molecule has 82 heavy (non-hydrogen) atoms. The van der Waals surface area contributed by atoms with Gasteiger partial charge in [0.05, 0.1) is 27.1 Å². The Morgan fingerprint density at radius 1 is 0.537 bits per heavy atom. The van der Waals surface area contributed by atoms with Gasteiger partial charge in [-0.05, 0) is 197 Å². The quantitative estimate of drug-likeness (QED) is 0.0386. The topological polar surface area (TPSA) is 137 Å². The Bertz CT molecular complexity index is 2460. The van der Waals surface area contributed by atoms with Crippen molar-refractivity contribution in [3.05, 3.63) is 59.2 Å². The zero-order chi connectivity index (χ0) is 62.6. The first kappa shape index (κ1) is 92.6. The standard InChI is InChI=1S/C24H24ClFN6O3S.H48P46/c1-14(2)36(33,34)20-8-7-17(11-18(20)25)19-13-29-22(27)21(30-19)24-32-31-23(35-24)16-5-3-15(4-6-16)12-28-10-9-26;1-25(2)37(26(3)4)43(38(27(5)6)28(7)8)46(44(39(29(9)10)30(11)12)40(31(13)14)32(15)16)45(41(33(17)18)34(19)20)42(35(21)22)36(23)24/h3-8,11,13-14,28H,9-10,12H2,1-2H3,(H2,27,29);1-24H2. The summed E-state index contributed by atoms with van der Waals surface area (Å²) in [5.41, 5.74) is 8.85. The van der Waals surface area contributed by atoms with Gasteiger partial charge in [0, 0.05) is 24.2 Å². The van der Waals surface area contributed by atoms with Crippen LogP contribution in [0, 0.1) is 0 Å². The highest BCUT2D eigenvalue weighted by Gasteiger charge is 2.58. The Labute approximate surface area is 574 Å². The van der Waals surface area contributed by atoms with Gasteiger partial charge in [0.15, 0.2) is 21.3 Å². The molecule has 4 aromatic rings. The molecular formula is C24H72ClFN6O3P46S. The molecule has 24 atom stereocenters. The Kier molecular flexibility index (Phi) is 53.3. The molecule has 0 aliphatic rings. The fraction of sp³-hybridized carbons (Fsp3) is 0.250. The van der Waals surface area contributed by atoms with Crippen molar-refractivity contribution in [1.82, 2.24) is 25.5 Å². The van der Waals surface area contributed by atoms with E-state index in [4.69, 9.17) is 21.8 Å². The molecule has 2 aromatic heterocycles. The summed E-state index contributed by atoms with van der Waals surface area (Å²) in [6.07, 6.45) is 1.45. The maximum Gasteiger partial charge on any atom is 0.270 e. The Morgan fingerprint density at radius 3 is 1.21 bits per heavy atom. The van der Waals surface area contributed by atoms with Gasteiger partial charge in [0.1, 0.15) is 6.67 Å². The molecule has 0 saturated heterocycles. The Hall–Kier alpha value is 16.4. The van der Waals surface area contributed by atoms with Crippen LogP contribution in [0.1, 0.15) is 19.4 Å². The lowest BCUT2D eigenvalue weighted by Crippen LogP contribution is -2.15. The molecular weight excluding hydrogens is 1930 g/mol. The third-order valence-corrected chi connectivity index (χ3v) is 325. The first-order valence-electron chi connectivity index (χ1n) is 21.5. The van der Waals surface area contributed by atoms with Crippen molar-refractivity contribution in [2.75, 3.05) is 19.0 Å². The second kappa shape index (κ2) is 47.2. The molecule has 4 rings (SSSR count). The molecule has 466 valence electrons. The van der Waals surface area contributed by atoms with Gasteiger partial charge in [0.25, 0.3) is 5.89 Å². The van der Waals surface area contributed by atoms with E-state index in [1.807, 2.05) is 24.3 Å². The lowest BCUT2D eigenvalue weighted by molar-refractivity contribution is 0.467. The van der Waals surface area contributed by atoms with Crippen LogP contribution >= 0.6 is 380 Å². The summed E-state index contributed by atoms with van der Waals surface area (Å²) in [6.45, 7) is 0.527. The van der Waals surface area contributed by atoms with Crippen LogP contribution in [0.2, 0.25) is 5.02 Å². The fourth-order valence-corrected chi connectivity index (χ4v) is 657. The molecule has 3 N–H and O–H groups in total. The summed E-state index contributed by atoms with van der Waals surface area (Å²) in [6, 6.07) is 12.0. The van der Waals surface area contributed by atoms with Crippen LogP contribution in [0.5, 0.6) is 0 Å². The zero-order valence-corrected chi connectivity index (χ0v) is 92.2. The van der Waals surface area contributed by atoms with E-state index in [1.54, 1.807) is 19.9 Å². The molecule has 0 saturated carbocycles. The van der Waals surface area contributed by atoms with E-state index in [2.05, 4.69) is 240 Å². The molecule has 0 spiro atoms. The average Bonchev–Trinajstić information content (AvgIpc) is 3.83. The molecule has 0 radical (unpaired) electrons. The van der Waals surface area contributed by atoms with Gasteiger partial charge in [-0.15, -0.1) is 224 Å². The Balaban J connectivity index is 0.000000441. The maximum atomic E-state index is 12.5. The highest BCUT2D eigenvalue weighted by atomic mass is 35.5. The molecule has 24 unspecified atom stereocenters. The molecule has 58 heteroatoms. The van der Waals surface area contributed by atoms with Crippen molar-refractivity contribution in [3.8, 4) is 34.3 Å². The van der Waals surface area contributed by atoms with Gasteiger partial charge in [-0.2, -0.15) is 0 Å². The molecule has 0 amide bonds. The summed E-state index contributed by atoms with van der Waals surface area (Å²) in [5, 5.41) is 10.6. The minimum atomic E-state index is -3.54. The van der Waals surface area contributed by atoms with Gasteiger partial charge in [-0.1, -0.05) is 29.8 Å². The highest BCUT2D eigenvalue weighted by Crippen LogP contribution is 3.45. The summed E-state index contributed by atoms with van der Waals surface area (Å²) >= 11 is 6.30. The van der Waals surface area contributed by atoms with E-state index in [0.717, 1.165) is 5.56 Å². The summed E-state index contributed by atoms with van der Waals surface area (Å²) in [7, 11) is 79.2. The van der Waals surface area contributed by atoms with Crippen molar-refractivity contribution in [2.45, 2.75) is 30.5 Å². The first-order chi connectivity index (χ1) is 38.1. The maximum absolute atomic E-state index is 12.5. The SMILES string of the molecule is CC(C)S(=O)(=O)c1ccc(-c2cnc(N)c(-c3nnc(-c4ccc(CNCCF)cc4)o3)n2)cc1Cl.PP(P)P(P(P)P)P(P(P(P)P)P(P)P)P(P(P(P(P)P)P(P)P)P(P(P)P)P(P)P)P(P(P(P)P)P(P)P)P(P(P)P)P(P)P. The number of nitrogens with one attached hydrogen (secondary N) is 1. The predicted octanol–water partition coefficient (Wildman–Crippen LogP) is 31.1. The molecule has 2 aromatic carbocycles. The third kappa shape index (κ3) is 28.8. The van der Waals surface area contributed by atoms with Gasteiger partial charge in [-0.3, -0.25) is 0 Å². The van der Waals surface area contributed by atoms with Crippen LogP contribution < -0.4 is 11.1 Å². The second-order valence-corrected chi connectivity index (χ2v) is 207. The lowest BCUT2D eigenvalue weighted by atomic mass is 10.1. The largest absolute Gasteiger partial charge is 0.414 e. The number of halogens is 2. The van der Waals surface area contributed by atoms with Crippen molar-refractivity contribution >= 4 is 395 Å². The van der Waals surface area contributed by atoms with Crippen molar-refractivity contribution < 1.29 is 17.2 Å². The van der Waals surface area contributed by atoms with Crippen LogP contribution in [-0.2, 0) is 16.4 Å². The van der Waals surface area contributed by atoms with Gasteiger partial charge in [0.2, 0.25) is 5.89 Å². The van der Waals surface area contributed by atoms with E-state index in [-0.39, 0.29) is 187 Å². The fourth-order valence-electron chi connectivity index (χ4n) is 6.02. The number of anilines is 1. The summed E-state index contributed by atoms with van der Waals surface area (Å²) in [4.78, 5) is 8.75. The minimum Gasteiger partial charge on any atom is -0.414 e. The molecule has 0 aliphatic heterocycles. The van der Waals surface area contributed by atoms with E-state index in [1.165, 1.54) is 18.3 Å². The number of aromatic nitrogens is 4.